The molecule has 92 valence electrons. The first-order valence-corrected chi connectivity index (χ1v) is 5.59. The second kappa shape index (κ2) is 4.98. The second-order valence-corrected chi connectivity index (χ2v) is 4.15. The van der Waals surface area contributed by atoms with Crippen LogP contribution in [0.15, 0.2) is 42.5 Å². The standard InChI is InChI=1S/C13H11ClN2O2/c14-11-5-4-8(6-12(11)15)13(18)16-9-2-1-3-10(17)7-9/h1-7,17H,15H2,(H,16,18). The van der Waals surface area contributed by atoms with Gasteiger partial charge in [0.05, 0.1) is 10.7 Å². The van der Waals surface area contributed by atoms with Crippen LogP contribution in [0.1, 0.15) is 10.4 Å². The van der Waals surface area contributed by atoms with Gasteiger partial charge in [-0.05, 0) is 30.3 Å². The van der Waals surface area contributed by atoms with Gasteiger partial charge >= 0.3 is 0 Å². The minimum atomic E-state index is -0.316. The molecule has 0 saturated heterocycles. The summed E-state index contributed by atoms with van der Waals surface area (Å²) in [5.74, 6) is -0.229. The van der Waals surface area contributed by atoms with Crippen molar-refractivity contribution in [2.75, 3.05) is 11.1 Å². The van der Waals surface area contributed by atoms with Crippen LogP contribution in [0.25, 0.3) is 0 Å². The number of carbonyl (C=O) groups is 1. The van der Waals surface area contributed by atoms with Gasteiger partial charge < -0.3 is 16.2 Å². The Hall–Kier alpha value is -2.20. The Morgan fingerprint density at radius 1 is 1.22 bits per heavy atom. The zero-order chi connectivity index (χ0) is 13.1. The lowest BCUT2D eigenvalue weighted by molar-refractivity contribution is 0.102. The lowest BCUT2D eigenvalue weighted by Crippen LogP contribution is -2.12. The largest absolute Gasteiger partial charge is 0.508 e. The Labute approximate surface area is 109 Å². The maximum absolute atomic E-state index is 11.9. The fourth-order valence-electron chi connectivity index (χ4n) is 1.47. The third-order valence-corrected chi connectivity index (χ3v) is 2.71. The van der Waals surface area contributed by atoms with E-state index in [9.17, 15) is 9.90 Å². The summed E-state index contributed by atoms with van der Waals surface area (Å²) in [6, 6.07) is 10.9. The van der Waals surface area contributed by atoms with Gasteiger partial charge in [-0.1, -0.05) is 17.7 Å². The normalized spacial score (nSPS) is 10.1. The third kappa shape index (κ3) is 2.73. The first-order valence-electron chi connectivity index (χ1n) is 5.21. The molecule has 0 bridgehead atoms. The number of anilines is 2. The Bertz CT molecular complexity index is 599. The fourth-order valence-corrected chi connectivity index (χ4v) is 1.59. The van der Waals surface area contributed by atoms with Crippen LogP contribution < -0.4 is 11.1 Å². The molecule has 5 heteroatoms. The summed E-state index contributed by atoms with van der Waals surface area (Å²) in [4.78, 5) is 11.9. The number of nitrogens with two attached hydrogens (primary N) is 1. The van der Waals surface area contributed by atoms with Gasteiger partial charge in [-0.25, -0.2) is 0 Å². The number of aromatic hydroxyl groups is 1. The molecule has 4 nitrogen and oxygen atoms in total. The number of phenolic OH excluding ortho intramolecular Hbond substituents is 1. The SMILES string of the molecule is Nc1cc(C(=O)Nc2cccc(O)c2)ccc1Cl. The van der Waals surface area contributed by atoms with Gasteiger partial charge in [0.1, 0.15) is 5.75 Å². The van der Waals surface area contributed by atoms with Crippen molar-refractivity contribution in [1.82, 2.24) is 0 Å². The van der Waals surface area contributed by atoms with Crippen LogP contribution in [0.3, 0.4) is 0 Å². The van der Waals surface area contributed by atoms with E-state index in [1.807, 2.05) is 0 Å². The van der Waals surface area contributed by atoms with E-state index in [4.69, 9.17) is 17.3 Å². The number of hydrogen-bond acceptors (Lipinski definition) is 3. The van der Waals surface area contributed by atoms with Gasteiger partial charge in [0.25, 0.3) is 5.91 Å². The Balaban J connectivity index is 2.19. The lowest BCUT2D eigenvalue weighted by atomic mass is 10.2. The van der Waals surface area contributed by atoms with E-state index >= 15 is 0 Å². The van der Waals surface area contributed by atoms with E-state index in [-0.39, 0.29) is 11.7 Å². The van der Waals surface area contributed by atoms with Crippen LogP contribution in [0.4, 0.5) is 11.4 Å². The fraction of sp³-hybridized carbons (Fsp3) is 0. The van der Waals surface area contributed by atoms with E-state index in [0.29, 0.717) is 22.0 Å². The van der Waals surface area contributed by atoms with Gasteiger partial charge in [-0.2, -0.15) is 0 Å². The van der Waals surface area contributed by atoms with E-state index in [2.05, 4.69) is 5.32 Å². The number of halogens is 1. The average molecular weight is 263 g/mol. The zero-order valence-electron chi connectivity index (χ0n) is 9.35. The molecule has 0 fully saturated rings. The smallest absolute Gasteiger partial charge is 0.255 e. The van der Waals surface area contributed by atoms with Gasteiger partial charge in [0.15, 0.2) is 0 Å². The molecule has 2 aromatic rings. The maximum atomic E-state index is 11.9. The summed E-state index contributed by atoms with van der Waals surface area (Å²) in [7, 11) is 0. The Morgan fingerprint density at radius 3 is 2.67 bits per heavy atom. The number of phenols is 1. The van der Waals surface area contributed by atoms with Crippen molar-refractivity contribution in [3.05, 3.63) is 53.1 Å². The topological polar surface area (TPSA) is 75.4 Å². The third-order valence-electron chi connectivity index (χ3n) is 2.36. The van der Waals surface area contributed by atoms with Crippen LogP contribution in [-0.2, 0) is 0 Å². The molecule has 0 heterocycles. The summed E-state index contributed by atoms with van der Waals surface area (Å²) < 4.78 is 0. The maximum Gasteiger partial charge on any atom is 0.255 e. The van der Waals surface area contributed by atoms with E-state index in [1.165, 1.54) is 18.2 Å². The first kappa shape index (κ1) is 12.3. The summed E-state index contributed by atoms with van der Waals surface area (Å²) in [5, 5.41) is 12.3. The van der Waals surface area contributed by atoms with E-state index in [1.54, 1.807) is 24.3 Å². The summed E-state index contributed by atoms with van der Waals surface area (Å²) >= 11 is 5.78. The molecule has 0 aliphatic heterocycles. The minimum Gasteiger partial charge on any atom is -0.508 e. The molecular weight excluding hydrogens is 252 g/mol. The predicted molar refractivity (Wildman–Crippen MR) is 71.9 cm³/mol. The predicted octanol–water partition coefficient (Wildman–Crippen LogP) is 2.88. The Kier molecular flexibility index (Phi) is 3.39. The number of amides is 1. The van der Waals surface area contributed by atoms with Crippen LogP contribution >= 0.6 is 11.6 Å². The molecule has 2 aromatic carbocycles. The molecule has 0 saturated carbocycles. The molecular formula is C13H11ClN2O2. The van der Waals surface area contributed by atoms with Gasteiger partial charge in [-0.3, -0.25) is 4.79 Å². The highest BCUT2D eigenvalue weighted by Crippen LogP contribution is 2.21. The highest BCUT2D eigenvalue weighted by Gasteiger charge is 2.08. The number of benzene rings is 2. The summed E-state index contributed by atoms with van der Waals surface area (Å²) in [5.41, 5.74) is 6.88. The van der Waals surface area contributed by atoms with Crippen molar-refractivity contribution in [2.24, 2.45) is 0 Å². The number of rotatable bonds is 2. The van der Waals surface area contributed by atoms with Gasteiger partial charge in [0, 0.05) is 17.3 Å². The van der Waals surface area contributed by atoms with Crippen LogP contribution in [0.5, 0.6) is 5.75 Å². The highest BCUT2D eigenvalue weighted by molar-refractivity contribution is 6.33. The molecule has 0 radical (unpaired) electrons. The molecule has 0 atom stereocenters. The van der Waals surface area contributed by atoms with Crippen molar-refractivity contribution in [3.63, 3.8) is 0 Å². The van der Waals surface area contributed by atoms with Crippen LogP contribution in [-0.4, -0.2) is 11.0 Å². The minimum absolute atomic E-state index is 0.0865. The Morgan fingerprint density at radius 2 is 2.00 bits per heavy atom. The second-order valence-electron chi connectivity index (χ2n) is 3.74. The van der Waals surface area contributed by atoms with Crippen LogP contribution in [0, 0.1) is 0 Å². The molecule has 1 amide bonds. The lowest BCUT2D eigenvalue weighted by Gasteiger charge is -2.06. The number of carbonyl (C=O) groups excluding carboxylic acids is 1. The molecule has 0 spiro atoms. The first-order chi connectivity index (χ1) is 8.56. The summed E-state index contributed by atoms with van der Waals surface area (Å²) in [6.07, 6.45) is 0. The van der Waals surface area contributed by atoms with Gasteiger partial charge in [-0.15, -0.1) is 0 Å². The van der Waals surface area contributed by atoms with Crippen molar-refractivity contribution in [2.45, 2.75) is 0 Å². The number of nitrogens with one attached hydrogen (secondary N) is 1. The van der Waals surface area contributed by atoms with Gasteiger partial charge in [0.2, 0.25) is 0 Å². The van der Waals surface area contributed by atoms with Crippen molar-refractivity contribution in [3.8, 4) is 5.75 Å². The number of nitrogen functional groups attached to an aromatic ring is 1. The van der Waals surface area contributed by atoms with E-state index < -0.39 is 0 Å². The summed E-state index contributed by atoms with van der Waals surface area (Å²) in [6.45, 7) is 0. The van der Waals surface area contributed by atoms with Crippen molar-refractivity contribution >= 4 is 28.9 Å². The molecule has 0 aliphatic carbocycles. The molecule has 2 rings (SSSR count). The molecule has 0 aliphatic rings. The number of hydrogen-bond donors (Lipinski definition) is 3. The zero-order valence-corrected chi connectivity index (χ0v) is 10.1. The van der Waals surface area contributed by atoms with Crippen molar-refractivity contribution in [1.29, 1.82) is 0 Å². The molecule has 18 heavy (non-hydrogen) atoms. The molecule has 0 aromatic heterocycles. The van der Waals surface area contributed by atoms with E-state index in [0.717, 1.165) is 0 Å². The monoisotopic (exact) mass is 262 g/mol. The van der Waals surface area contributed by atoms with Crippen LogP contribution in [0.2, 0.25) is 5.02 Å². The molecule has 0 unspecified atom stereocenters. The highest BCUT2D eigenvalue weighted by atomic mass is 35.5. The van der Waals surface area contributed by atoms with Crippen molar-refractivity contribution < 1.29 is 9.90 Å². The average Bonchev–Trinajstić information content (AvgIpc) is 2.32. The molecule has 4 N–H and O–H groups in total. The quantitative estimate of drug-likeness (QED) is 0.729.